The maximum atomic E-state index is 13.1. The predicted molar refractivity (Wildman–Crippen MR) is 107 cm³/mol. The number of halogens is 2. The zero-order chi connectivity index (χ0) is 19.0. The molecule has 0 spiro atoms. The van der Waals surface area contributed by atoms with Crippen LogP contribution in [0.15, 0.2) is 53.6 Å². The van der Waals surface area contributed by atoms with Gasteiger partial charge in [0.2, 0.25) is 0 Å². The predicted octanol–water partition coefficient (Wildman–Crippen LogP) is 5.52. The number of hydrogen-bond donors (Lipinski definition) is 0. The minimum absolute atomic E-state index is 0.237. The number of rotatable bonds is 4. The van der Waals surface area contributed by atoms with Gasteiger partial charge in [-0.05, 0) is 55.8 Å². The molecule has 0 aliphatic heterocycles. The minimum Gasteiger partial charge on any atom is -0.237 e. The lowest BCUT2D eigenvalue weighted by Gasteiger charge is -2.04. The third kappa shape index (κ3) is 3.55. The number of nitrogens with zero attached hydrogens (tertiary/aromatic N) is 4. The number of aryl methyl sites for hydroxylation is 2. The van der Waals surface area contributed by atoms with Crippen LogP contribution in [0.4, 0.5) is 4.39 Å². The highest BCUT2D eigenvalue weighted by atomic mass is 35.5. The van der Waals surface area contributed by atoms with E-state index < -0.39 is 0 Å². The van der Waals surface area contributed by atoms with Gasteiger partial charge in [-0.3, -0.25) is 0 Å². The summed E-state index contributed by atoms with van der Waals surface area (Å²) in [5, 5.41) is 15.9. The summed E-state index contributed by atoms with van der Waals surface area (Å²) in [4.78, 5) is 0. The summed E-state index contributed by atoms with van der Waals surface area (Å²) in [5.74, 6) is 0.429. The summed E-state index contributed by atoms with van der Waals surface area (Å²) >= 11 is 7.55. The average molecular weight is 399 g/mol. The van der Waals surface area contributed by atoms with Crippen molar-refractivity contribution in [2.75, 3.05) is 0 Å². The van der Waals surface area contributed by atoms with Crippen LogP contribution in [0, 0.1) is 19.7 Å². The van der Waals surface area contributed by atoms with Crippen LogP contribution in [0.25, 0.3) is 16.6 Å². The van der Waals surface area contributed by atoms with Crippen molar-refractivity contribution in [2.24, 2.45) is 0 Å². The molecule has 0 saturated heterocycles. The highest BCUT2D eigenvalue weighted by Crippen LogP contribution is 2.31. The monoisotopic (exact) mass is 398 g/mol. The Labute approximate surface area is 165 Å². The Bertz CT molecular complexity index is 1110. The van der Waals surface area contributed by atoms with Gasteiger partial charge in [-0.25, -0.2) is 9.07 Å². The van der Waals surface area contributed by atoms with Crippen LogP contribution < -0.4 is 0 Å². The van der Waals surface area contributed by atoms with E-state index in [9.17, 15) is 4.39 Å². The lowest BCUT2D eigenvalue weighted by Crippen LogP contribution is -1.98. The zero-order valence-electron chi connectivity index (χ0n) is 14.8. The standard InChI is InChI=1S/C20H16ClFN4S/c1-12-18-13(2)26(17-9-5-15(21)6-10-17)25-19(18)20(24-23-12)27-11-14-3-7-16(22)8-4-14/h3-10H,11H2,1-2H3. The molecule has 136 valence electrons. The first-order valence-corrected chi connectivity index (χ1v) is 9.75. The topological polar surface area (TPSA) is 43.6 Å². The summed E-state index contributed by atoms with van der Waals surface area (Å²) in [7, 11) is 0. The molecule has 0 unspecified atom stereocenters. The molecule has 0 atom stereocenters. The van der Waals surface area contributed by atoms with Crippen LogP contribution in [0.5, 0.6) is 0 Å². The molecule has 0 saturated carbocycles. The molecule has 2 heterocycles. The number of aromatic nitrogens is 4. The second-order valence-electron chi connectivity index (χ2n) is 6.20. The molecule has 27 heavy (non-hydrogen) atoms. The summed E-state index contributed by atoms with van der Waals surface area (Å²) < 4.78 is 15.0. The molecule has 7 heteroatoms. The molecule has 4 rings (SSSR count). The summed E-state index contributed by atoms with van der Waals surface area (Å²) in [6.07, 6.45) is 0. The van der Waals surface area contributed by atoms with Crippen molar-refractivity contribution in [2.45, 2.75) is 24.6 Å². The van der Waals surface area contributed by atoms with Gasteiger partial charge in [-0.2, -0.15) is 10.2 Å². The van der Waals surface area contributed by atoms with Gasteiger partial charge in [0.1, 0.15) is 16.4 Å². The Hall–Kier alpha value is -2.44. The van der Waals surface area contributed by atoms with Gasteiger partial charge >= 0.3 is 0 Å². The van der Waals surface area contributed by atoms with Gasteiger partial charge in [0.15, 0.2) is 0 Å². The SMILES string of the molecule is Cc1nnc(SCc2ccc(F)cc2)c2nn(-c3ccc(Cl)cc3)c(C)c12. The molecule has 2 aromatic heterocycles. The van der Waals surface area contributed by atoms with Gasteiger partial charge in [-0.1, -0.05) is 35.5 Å². The van der Waals surface area contributed by atoms with Crippen molar-refractivity contribution in [3.05, 3.63) is 76.3 Å². The van der Waals surface area contributed by atoms with Crippen molar-refractivity contribution in [1.82, 2.24) is 20.0 Å². The van der Waals surface area contributed by atoms with Crippen LogP contribution >= 0.6 is 23.4 Å². The van der Waals surface area contributed by atoms with E-state index >= 15 is 0 Å². The fourth-order valence-corrected chi connectivity index (χ4v) is 3.97. The molecular formula is C20H16ClFN4S. The van der Waals surface area contributed by atoms with E-state index in [1.807, 2.05) is 42.8 Å². The maximum absolute atomic E-state index is 13.1. The van der Waals surface area contributed by atoms with E-state index in [1.54, 1.807) is 23.9 Å². The third-order valence-corrected chi connectivity index (χ3v) is 5.61. The van der Waals surface area contributed by atoms with Gasteiger partial charge < -0.3 is 0 Å². The zero-order valence-corrected chi connectivity index (χ0v) is 16.4. The van der Waals surface area contributed by atoms with E-state index in [-0.39, 0.29) is 5.82 Å². The Kier molecular flexibility index (Phi) is 4.85. The first-order chi connectivity index (χ1) is 13.0. The van der Waals surface area contributed by atoms with Gasteiger partial charge in [-0.15, -0.1) is 5.10 Å². The van der Waals surface area contributed by atoms with Crippen molar-refractivity contribution in [3.63, 3.8) is 0 Å². The Morgan fingerprint density at radius 1 is 1.00 bits per heavy atom. The first kappa shape index (κ1) is 17.9. The Balaban J connectivity index is 1.73. The molecule has 0 aliphatic carbocycles. The Morgan fingerprint density at radius 3 is 2.41 bits per heavy atom. The molecule has 0 radical (unpaired) electrons. The van der Waals surface area contributed by atoms with Gasteiger partial charge in [0.05, 0.1) is 17.1 Å². The lowest BCUT2D eigenvalue weighted by atomic mass is 10.2. The maximum Gasteiger partial charge on any atom is 0.147 e. The molecule has 0 amide bonds. The highest BCUT2D eigenvalue weighted by Gasteiger charge is 2.17. The molecule has 0 bridgehead atoms. The quantitative estimate of drug-likeness (QED) is 0.425. The van der Waals surface area contributed by atoms with E-state index in [4.69, 9.17) is 16.7 Å². The number of hydrogen-bond acceptors (Lipinski definition) is 4. The normalized spacial score (nSPS) is 11.3. The highest BCUT2D eigenvalue weighted by molar-refractivity contribution is 7.98. The van der Waals surface area contributed by atoms with E-state index in [0.717, 1.165) is 38.6 Å². The minimum atomic E-state index is -0.237. The largest absolute Gasteiger partial charge is 0.237 e. The van der Waals surface area contributed by atoms with E-state index in [1.165, 1.54) is 12.1 Å². The summed E-state index contributed by atoms with van der Waals surface area (Å²) in [5.41, 5.74) is 4.62. The molecular weight excluding hydrogens is 383 g/mol. The van der Waals surface area contributed by atoms with Gasteiger partial charge in [0, 0.05) is 16.2 Å². The van der Waals surface area contributed by atoms with Crippen LogP contribution in [0.1, 0.15) is 17.0 Å². The second-order valence-corrected chi connectivity index (χ2v) is 7.60. The summed E-state index contributed by atoms with van der Waals surface area (Å²) in [6, 6.07) is 14.0. The van der Waals surface area contributed by atoms with Crippen molar-refractivity contribution in [3.8, 4) is 5.69 Å². The van der Waals surface area contributed by atoms with Crippen LogP contribution in [0.3, 0.4) is 0 Å². The fraction of sp³-hybridized carbons (Fsp3) is 0.150. The number of fused-ring (bicyclic) bond motifs is 1. The summed E-state index contributed by atoms with van der Waals surface area (Å²) in [6.45, 7) is 3.96. The molecule has 0 aliphatic rings. The molecule has 0 fully saturated rings. The van der Waals surface area contributed by atoms with Crippen molar-refractivity contribution >= 4 is 34.3 Å². The smallest absolute Gasteiger partial charge is 0.147 e. The van der Waals surface area contributed by atoms with E-state index in [0.29, 0.717) is 10.8 Å². The average Bonchev–Trinajstić information content (AvgIpc) is 3.02. The number of benzene rings is 2. The van der Waals surface area contributed by atoms with Crippen LogP contribution in [0.2, 0.25) is 5.02 Å². The van der Waals surface area contributed by atoms with Crippen LogP contribution in [-0.2, 0) is 5.75 Å². The third-order valence-electron chi connectivity index (χ3n) is 4.33. The van der Waals surface area contributed by atoms with Crippen LogP contribution in [-0.4, -0.2) is 20.0 Å². The fourth-order valence-electron chi connectivity index (χ4n) is 2.97. The van der Waals surface area contributed by atoms with E-state index in [2.05, 4.69) is 10.2 Å². The molecule has 4 nitrogen and oxygen atoms in total. The van der Waals surface area contributed by atoms with Crippen molar-refractivity contribution in [1.29, 1.82) is 0 Å². The molecule has 2 aromatic carbocycles. The van der Waals surface area contributed by atoms with Crippen molar-refractivity contribution < 1.29 is 4.39 Å². The Morgan fingerprint density at radius 2 is 1.70 bits per heavy atom. The number of thioether (sulfide) groups is 1. The second kappa shape index (κ2) is 7.29. The first-order valence-electron chi connectivity index (χ1n) is 8.39. The van der Waals surface area contributed by atoms with Gasteiger partial charge in [0.25, 0.3) is 0 Å². The molecule has 0 N–H and O–H groups in total. The molecule has 4 aromatic rings. The lowest BCUT2D eigenvalue weighted by molar-refractivity contribution is 0.627.